The van der Waals surface area contributed by atoms with Crippen LogP contribution in [0, 0.1) is 0 Å². The maximum Gasteiger partial charge on any atom is 0.321 e. The van der Waals surface area contributed by atoms with Crippen LogP contribution in [0.5, 0.6) is 0 Å². The molecule has 0 heterocycles. The molecule has 96 valence electrons. The summed E-state index contributed by atoms with van der Waals surface area (Å²) < 4.78 is 0. The zero-order chi connectivity index (χ0) is 13.8. The highest BCUT2D eigenvalue weighted by atomic mass is 16.2. The Labute approximate surface area is 111 Å². The van der Waals surface area contributed by atoms with Gasteiger partial charge in [0.15, 0.2) is 0 Å². The second-order valence-electron chi connectivity index (χ2n) is 4.15. The van der Waals surface area contributed by atoms with E-state index < -0.39 is 11.9 Å². The van der Waals surface area contributed by atoms with Gasteiger partial charge in [-0.25, -0.2) is 4.79 Å². The van der Waals surface area contributed by atoms with E-state index in [9.17, 15) is 9.59 Å². The van der Waals surface area contributed by atoms with Gasteiger partial charge in [0.1, 0.15) is 0 Å². The molecule has 2 aromatic rings. The lowest BCUT2D eigenvalue weighted by molar-refractivity contribution is 0.0838. The quantitative estimate of drug-likeness (QED) is 0.894. The summed E-state index contributed by atoms with van der Waals surface area (Å²) in [6.45, 7) is 0. The Balaban J connectivity index is 2.35. The maximum absolute atomic E-state index is 12.0. The Morgan fingerprint density at radius 2 is 1.58 bits per heavy atom. The van der Waals surface area contributed by atoms with Gasteiger partial charge in [-0.1, -0.05) is 42.5 Å². The van der Waals surface area contributed by atoms with Gasteiger partial charge in [-0.05, 0) is 23.3 Å². The summed E-state index contributed by atoms with van der Waals surface area (Å²) in [5.74, 6) is -0.412. The van der Waals surface area contributed by atoms with Gasteiger partial charge in [0.2, 0.25) is 0 Å². The molecule has 0 atom stereocenters. The number of nitrogens with two attached hydrogens (primary N) is 1. The summed E-state index contributed by atoms with van der Waals surface area (Å²) in [7, 11) is 1.36. The van der Waals surface area contributed by atoms with E-state index in [1.165, 1.54) is 7.05 Å². The molecule has 0 saturated heterocycles. The molecule has 4 nitrogen and oxygen atoms in total. The number of carbonyl (C=O) groups is 2. The number of primary amides is 1. The van der Waals surface area contributed by atoms with Gasteiger partial charge in [-0.15, -0.1) is 0 Å². The predicted molar refractivity (Wildman–Crippen MR) is 73.6 cm³/mol. The van der Waals surface area contributed by atoms with Crippen molar-refractivity contribution in [1.82, 2.24) is 4.90 Å². The fourth-order valence-corrected chi connectivity index (χ4v) is 1.76. The molecule has 2 N–H and O–H groups in total. The molecule has 4 heteroatoms. The van der Waals surface area contributed by atoms with Gasteiger partial charge in [0, 0.05) is 12.6 Å². The number of imide groups is 1. The lowest BCUT2D eigenvalue weighted by Crippen LogP contribution is -2.37. The number of rotatable bonds is 2. The molecule has 0 aliphatic carbocycles. The zero-order valence-electron chi connectivity index (χ0n) is 10.5. The predicted octanol–water partition coefficient (Wildman–Crippen LogP) is 2.50. The first kappa shape index (κ1) is 12.8. The van der Waals surface area contributed by atoms with E-state index >= 15 is 0 Å². The number of carbonyl (C=O) groups excluding carboxylic acids is 2. The van der Waals surface area contributed by atoms with E-state index in [2.05, 4.69) is 0 Å². The molecule has 0 radical (unpaired) electrons. The molecule has 0 saturated carbocycles. The van der Waals surface area contributed by atoms with Crippen LogP contribution in [-0.4, -0.2) is 23.9 Å². The van der Waals surface area contributed by atoms with Crippen LogP contribution >= 0.6 is 0 Å². The molecule has 19 heavy (non-hydrogen) atoms. The normalized spacial score (nSPS) is 9.95. The molecule has 0 bridgehead atoms. The van der Waals surface area contributed by atoms with E-state index in [-0.39, 0.29) is 0 Å². The van der Waals surface area contributed by atoms with Crippen molar-refractivity contribution in [1.29, 1.82) is 0 Å². The lowest BCUT2D eigenvalue weighted by Gasteiger charge is -2.12. The van der Waals surface area contributed by atoms with Crippen molar-refractivity contribution in [2.75, 3.05) is 7.05 Å². The van der Waals surface area contributed by atoms with Crippen LogP contribution in [0.1, 0.15) is 10.4 Å². The van der Waals surface area contributed by atoms with Crippen LogP contribution < -0.4 is 5.73 Å². The van der Waals surface area contributed by atoms with Crippen LogP contribution in [0.4, 0.5) is 4.79 Å². The zero-order valence-corrected chi connectivity index (χ0v) is 10.5. The first-order valence-electron chi connectivity index (χ1n) is 5.82. The molecule has 3 amide bonds. The van der Waals surface area contributed by atoms with E-state index in [4.69, 9.17) is 5.73 Å². The van der Waals surface area contributed by atoms with Crippen molar-refractivity contribution in [3.05, 3.63) is 60.2 Å². The van der Waals surface area contributed by atoms with Crippen LogP contribution in [0.15, 0.2) is 54.6 Å². The van der Waals surface area contributed by atoms with Gasteiger partial charge in [0.05, 0.1) is 0 Å². The Hall–Kier alpha value is -2.62. The summed E-state index contributed by atoms with van der Waals surface area (Å²) in [4.78, 5) is 23.9. The molecule has 2 aromatic carbocycles. The second-order valence-corrected chi connectivity index (χ2v) is 4.15. The van der Waals surface area contributed by atoms with Gasteiger partial charge >= 0.3 is 6.03 Å². The molecule has 2 rings (SSSR count). The third-order valence-corrected chi connectivity index (χ3v) is 2.85. The first-order chi connectivity index (χ1) is 9.09. The van der Waals surface area contributed by atoms with Crippen molar-refractivity contribution in [2.45, 2.75) is 0 Å². The van der Waals surface area contributed by atoms with Crippen LogP contribution in [-0.2, 0) is 0 Å². The largest absolute Gasteiger partial charge is 0.351 e. The third-order valence-electron chi connectivity index (χ3n) is 2.85. The van der Waals surface area contributed by atoms with Crippen molar-refractivity contribution >= 4 is 11.9 Å². The number of hydrogen-bond acceptors (Lipinski definition) is 2. The van der Waals surface area contributed by atoms with Crippen molar-refractivity contribution in [2.24, 2.45) is 5.73 Å². The Bertz CT molecular complexity index is 609. The molecule has 0 aliphatic rings. The van der Waals surface area contributed by atoms with Crippen LogP contribution in [0.2, 0.25) is 0 Å². The van der Waals surface area contributed by atoms with Crippen molar-refractivity contribution < 1.29 is 9.59 Å². The number of nitrogens with zero attached hydrogens (tertiary/aromatic N) is 1. The Morgan fingerprint density at radius 3 is 2.21 bits per heavy atom. The monoisotopic (exact) mass is 254 g/mol. The lowest BCUT2D eigenvalue weighted by atomic mass is 10.0. The molecule has 0 aliphatic heterocycles. The van der Waals surface area contributed by atoms with Gasteiger partial charge in [-0.3, -0.25) is 9.69 Å². The molecule has 0 unspecified atom stereocenters. The molecular weight excluding hydrogens is 240 g/mol. The smallest absolute Gasteiger partial charge is 0.321 e. The van der Waals surface area contributed by atoms with Crippen molar-refractivity contribution in [3.63, 3.8) is 0 Å². The summed E-state index contributed by atoms with van der Waals surface area (Å²) >= 11 is 0. The summed E-state index contributed by atoms with van der Waals surface area (Å²) in [5.41, 5.74) is 7.46. The first-order valence-corrected chi connectivity index (χ1v) is 5.82. The van der Waals surface area contributed by atoms with Gasteiger partial charge in [0.25, 0.3) is 5.91 Å². The van der Waals surface area contributed by atoms with E-state index in [0.29, 0.717) is 5.56 Å². The second kappa shape index (κ2) is 5.35. The Morgan fingerprint density at radius 1 is 0.947 bits per heavy atom. The fraction of sp³-hybridized carbons (Fsp3) is 0.0667. The summed E-state index contributed by atoms with van der Waals surface area (Å²) in [6.07, 6.45) is 0. The highest BCUT2D eigenvalue weighted by Crippen LogP contribution is 2.20. The highest BCUT2D eigenvalue weighted by Gasteiger charge is 2.16. The highest BCUT2D eigenvalue weighted by molar-refractivity contribution is 6.04. The van der Waals surface area contributed by atoms with Gasteiger partial charge < -0.3 is 5.73 Å². The van der Waals surface area contributed by atoms with Gasteiger partial charge in [-0.2, -0.15) is 0 Å². The topological polar surface area (TPSA) is 63.4 Å². The minimum Gasteiger partial charge on any atom is -0.351 e. The fourth-order valence-electron chi connectivity index (χ4n) is 1.76. The standard InChI is InChI=1S/C15H14N2O2/c1-17(15(16)19)14(18)13-9-5-8-12(10-13)11-6-3-2-4-7-11/h2-10H,1H3,(H2,16,19). The molecule has 0 fully saturated rings. The maximum atomic E-state index is 12.0. The van der Waals surface area contributed by atoms with Crippen LogP contribution in [0.25, 0.3) is 11.1 Å². The number of amides is 3. The molecule has 0 spiro atoms. The number of urea groups is 1. The minimum absolute atomic E-state index is 0.412. The van der Waals surface area contributed by atoms with E-state index in [1.54, 1.807) is 18.2 Å². The Kier molecular flexibility index (Phi) is 3.61. The van der Waals surface area contributed by atoms with Crippen molar-refractivity contribution in [3.8, 4) is 11.1 Å². The minimum atomic E-state index is -0.768. The summed E-state index contributed by atoms with van der Waals surface area (Å²) in [6, 6.07) is 16.0. The molecule has 0 aromatic heterocycles. The third kappa shape index (κ3) is 2.80. The average molecular weight is 254 g/mol. The number of benzene rings is 2. The summed E-state index contributed by atoms with van der Waals surface area (Å²) in [5, 5.41) is 0. The molecular formula is C15H14N2O2. The number of hydrogen-bond donors (Lipinski definition) is 1. The van der Waals surface area contributed by atoms with E-state index in [1.807, 2.05) is 36.4 Å². The van der Waals surface area contributed by atoms with Crippen LogP contribution in [0.3, 0.4) is 0 Å². The SMILES string of the molecule is CN(C(N)=O)C(=O)c1cccc(-c2ccccc2)c1. The average Bonchev–Trinajstić information content (AvgIpc) is 2.46. The van der Waals surface area contributed by atoms with E-state index in [0.717, 1.165) is 16.0 Å².